The quantitative estimate of drug-likeness (QED) is 0.214. The maximum Gasteiger partial charge on any atom is 0.199 e. The summed E-state index contributed by atoms with van der Waals surface area (Å²) in [6, 6.07) is 13.3. The van der Waals surface area contributed by atoms with Crippen LogP contribution in [0.5, 0.6) is 5.75 Å². The minimum Gasteiger partial charge on any atom is -0.490 e. The molecule has 1 aromatic heterocycles. The summed E-state index contributed by atoms with van der Waals surface area (Å²) in [6.07, 6.45) is 0. The number of rotatable bonds is 18. The minimum absolute atomic E-state index is 0.00452. The Morgan fingerprint density at radius 1 is 0.618 bits per heavy atom. The Hall–Kier alpha value is -2.11. The molecule has 186 valence electrons. The highest BCUT2D eigenvalue weighted by Crippen LogP contribution is 2.30. The van der Waals surface area contributed by atoms with Crippen LogP contribution in [-0.4, -0.2) is 84.4 Å². The summed E-state index contributed by atoms with van der Waals surface area (Å²) in [6.45, 7) is 4.94. The van der Waals surface area contributed by atoms with Gasteiger partial charge in [0, 0.05) is 14.8 Å². The van der Waals surface area contributed by atoms with Crippen molar-refractivity contribution in [2.75, 3.05) is 79.3 Å². The molecule has 0 aliphatic rings. The molecule has 0 radical (unpaired) electrons. The molecule has 0 saturated heterocycles. The Balaban J connectivity index is 1.23. The molecule has 0 atom stereocenters. The van der Waals surface area contributed by atoms with E-state index in [1.807, 2.05) is 42.5 Å². The molecule has 0 aliphatic heterocycles. The third kappa shape index (κ3) is 8.59. The van der Waals surface area contributed by atoms with E-state index in [1.54, 1.807) is 11.3 Å². The van der Waals surface area contributed by atoms with Crippen LogP contribution >= 0.6 is 11.3 Å². The number of benzene rings is 2. The molecule has 2 aromatic carbocycles. The van der Waals surface area contributed by atoms with Crippen molar-refractivity contribution in [3.05, 3.63) is 52.7 Å². The van der Waals surface area contributed by atoms with Crippen molar-refractivity contribution in [1.29, 1.82) is 0 Å². The highest BCUT2D eigenvalue weighted by atomic mass is 32.1. The van der Waals surface area contributed by atoms with Gasteiger partial charge < -0.3 is 33.5 Å². The first-order valence-corrected chi connectivity index (χ1v) is 12.2. The van der Waals surface area contributed by atoms with Gasteiger partial charge in [-0.2, -0.15) is 0 Å². The predicted molar refractivity (Wildman–Crippen MR) is 132 cm³/mol. The van der Waals surface area contributed by atoms with Crippen molar-refractivity contribution in [2.45, 2.75) is 0 Å². The molecule has 1 heterocycles. The second-order valence-electron chi connectivity index (χ2n) is 7.19. The first kappa shape index (κ1) is 26.5. The lowest BCUT2D eigenvalue weighted by atomic mass is 10.1. The van der Waals surface area contributed by atoms with E-state index in [1.165, 1.54) is 0 Å². The Kier molecular flexibility index (Phi) is 12.3. The molecular weight excluding hydrogens is 460 g/mol. The lowest BCUT2D eigenvalue weighted by Crippen LogP contribution is -2.15. The molecule has 0 aliphatic carbocycles. The highest BCUT2D eigenvalue weighted by Gasteiger charge is 2.10. The van der Waals surface area contributed by atoms with E-state index in [2.05, 4.69) is 0 Å². The van der Waals surface area contributed by atoms with E-state index in [9.17, 15) is 4.79 Å². The van der Waals surface area contributed by atoms with E-state index in [4.69, 9.17) is 33.5 Å². The van der Waals surface area contributed by atoms with E-state index in [-0.39, 0.29) is 12.0 Å². The van der Waals surface area contributed by atoms with Gasteiger partial charge in [0.25, 0.3) is 0 Å². The number of hydrogen-bond acceptors (Lipinski definition) is 9. The second kappa shape index (κ2) is 15.7. The highest BCUT2D eigenvalue weighted by molar-refractivity contribution is 7.24. The molecule has 3 rings (SSSR count). The van der Waals surface area contributed by atoms with Gasteiger partial charge >= 0.3 is 0 Å². The first-order chi connectivity index (χ1) is 16.8. The van der Waals surface area contributed by atoms with Crippen LogP contribution in [0.25, 0.3) is 20.2 Å². The fourth-order valence-electron chi connectivity index (χ4n) is 3.19. The van der Waals surface area contributed by atoms with Gasteiger partial charge in [-0.15, -0.1) is 11.3 Å². The van der Waals surface area contributed by atoms with Crippen LogP contribution in [0.2, 0.25) is 0 Å². The van der Waals surface area contributed by atoms with E-state index in [0.717, 1.165) is 9.40 Å². The van der Waals surface area contributed by atoms with Crippen molar-refractivity contribution in [1.82, 2.24) is 0 Å². The fourth-order valence-corrected chi connectivity index (χ4v) is 4.29. The average molecular weight is 493 g/mol. The van der Waals surface area contributed by atoms with Crippen molar-refractivity contribution in [3.8, 4) is 5.75 Å². The number of aliphatic hydroxyl groups excluding tert-OH is 1. The molecule has 34 heavy (non-hydrogen) atoms. The van der Waals surface area contributed by atoms with Crippen LogP contribution in [0.3, 0.4) is 0 Å². The fraction of sp³-hybridized carbons (Fsp3) is 0.480. The van der Waals surface area contributed by atoms with Gasteiger partial charge in [-0.25, -0.2) is 0 Å². The molecule has 0 bridgehead atoms. The molecule has 0 saturated carbocycles. The number of ether oxygens (including phenoxy) is 6. The van der Waals surface area contributed by atoms with Gasteiger partial charge in [0.2, 0.25) is 0 Å². The van der Waals surface area contributed by atoms with Crippen LogP contribution in [0, 0.1) is 0 Å². The summed E-state index contributed by atoms with van der Waals surface area (Å²) >= 11 is 1.59. The monoisotopic (exact) mass is 492 g/mol. The summed E-state index contributed by atoms with van der Waals surface area (Å²) < 4.78 is 34.6. The molecule has 0 amide bonds. The SMILES string of the molecule is O=c1c2ccccc2sc2cccc(OCCOCCOCCOCCOCCOCCO)c12. The average Bonchev–Trinajstić information content (AvgIpc) is 2.86. The second-order valence-corrected chi connectivity index (χ2v) is 8.27. The Morgan fingerprint density at radius 2 is 1.15 bits per heavy atom. The van der Waals surface area contributed by atoms with Gasteiger partial charge in [0.05, 0.1) is 78.1 Å². The summed E-state index contributed by atoms with van der Waals surface area (Å²) in [5.41, 5.74) is -0.00452. The number of hydrogen-bond donors (Lipinski definition) is 1. The van der Waals surface area contributed by atoms with Crippen LogP contribution in [0.1, 0.15) is 0 Å². The van der Waals surface area contributed by atoms with Gasteiger partial charge in [0.15, 0.2) is 5.43 Å². The predicted octanol–water partition coefficient (Wildman–Crippen LogP) is 2.87. The summed E-state index contributed by atoms with van der Waals surface area (Å²) in [5, 5.41) is 9.90. The normalized spacial score (nSPS) is 11.4. The van der Waals surface area contributed by atoms with Crippen LogP contribution in [0.4, 0.5) is 0 Å². The van der Waals surface area contributed by atoms with E-state index < -0.39 is 0 Å². The van der Waals surface area contributed by atoms with Crippen LogP contribution in [0.15, 0.2) is 47.3 Å². The minimum atomic E-state index is -0.00452. The zero-order valence-electron chi connectivity index (χ0n) is 19.2. The lowest BCUT2D eigenvalue weighted by Gasteiger charge is -2.10. The molecule has 0 fully saturated rings. The molecule has 0 unspecified atom stereocenters. The molecule has 0 spiro atoms. The molecular formula is C25H32O8S. The zero-order valence-corrected chi connectivity index (χ0v) is 20.1. The molecule has 8 nitrogen and oxygen atoms in total. The zero-order chi connectivity index (χ0) is 23.8. The Labute approximate surface area is 202 Å². The van der Waals surface area contributed by atoms with Gasteiger partial charge in [-0.05, 0) is 24.3 Å². The topological polar surface area (TPSA) is 92.7 Å². The summed E-state index contributed by atoms with van der Waals surface area (Å²) in [7, 11) is 0. The van der Waals surface area contributed by atoms with Crippen molar-refractivity contribution in [3.63, 3.8) is 0 Å². The summed E-state index contributed by atoms with van der Waals surface area (Å²) in [4.78, 5) is 12.9. The molecule has 1 N–H and O–H groups in total. The van der Waals surface area contributed by atoms with Gasteiger partial charge in [0.1, 0.15) is 12.4 Å². The number of fused-ring (bicyclic) bond motifs is 2. The number of aliphatic hydroxyl groups is 1. The van der Waals surface area contributed by atoms with Gasteiger partial charge in [-0.3, -0.25) is 4.79 Å². The smallest absolute Gasteiger partial charge is 0.199 e. The van der Waals surface area contributed by atoms with Crippen molar-refractivity contribution < 1.29 is 33.5 Å². The maximum absolute atomic E-state index is 12.9. The molecule has 3 aromatic rings. The standard InChI is InChI=1S/C25H32O8S/c26-8-9-28-10-11-29-12-13-30-14-15-31-16-17-32-18-19-33-21-5-3-7-23-24(21)25(27)20-4-1-2-6-22(20)34-23/h1-7,26H,8-19H2. The van der Waals surface area contributed by atoms with Gasteiger partial charge in [-0.1, -0.05) is 18.2 Å². The van der Waals surface area contributed by atoms with E-state index >= 15 is 0 Å². The Morgan fingerprint density at radius 3 is 1.76 bits per heavy atom. The van der Waals surface area contributed by atoms with E-state index in [0.29, 0.717) is 89.2 Å². The van der Waals surface area contributed by atoms with Crippen LogP contribution < -0.4 is 10.2 Å². The summed E-state index contributed by atoms with van der Waals surface area (Å²) in [5.74, 6) is 0.586. The first-order valence-electron chi connectivity index (χ1n) is 11.4. The van der Waals surface area contributed by atoms with Crippen molar-refractivity contribution >= 4 is 31.5 Å². The Bertz CT molecular complexity index is 1040. The maximum atomic E-state index is 12.9. The largest absolute Gasteiger partial charge is 0.490 e. The van der Waals surface area contributed by atoms with Crippen molar-refractivity contribution in [2.24, 2.45) is 0 Å². The lowest BCUT2D eigenvalue weighted by molar-refractivity contribution is -0.0146. The molecule has 9 heteroatoms. The third-order valence-corrected chi connectivity index (χ3v) is 5.91. The van der Waals surface area contributed by atoms with Crippen LogP contribution in [-0.2, 0) is 23.7 Å². The third-order valence-electron chi connectivity index (χ3n) is 4.78.